The number of carbonyl (C=O) groups excluding carboxylic acids is 1. The Hall–Kier alpha value is -3.41. The number of nitrogen functional groups attached to an aromatic ring is 1. The van der Waals surface area contributed by atoms with Crippen LogP contribution in [0.1, 0.15) is 23.0 Å². The Bertz CT molecular complexity index is 1150. The molecule has 0 fully saturated rings. The van der Waals surface area contributed by atoms with E-state index in [2.05, 4.69) is 15.2 Å². The molecule has 130 valence electrons. The Labute approximate surface area is 150 Å². The number of hydrogen-bond donors (Lipinski definition) is 2. The van der Waals surface area contributed by atoms with Crippen LogP contribution in [0.25, 0.3) is 32.9 Å². The van der Waals surface area contributed by atoms with Gasteiger partial charge in [0.1, 0.15) is 5.82 Å². The molecule has 26 heavy (non-hydrogen) atoms. The molecular formula is C20H18N4O2. The van der Waals surface area contributed by atoms with E-state index in [-0.39, 0.29) is 6.61 Å². The lowest BCUT2D eigenvalue weighted by molar-refractivity contribution is 0.0526. The van der Waals surface area contributed by atoms with E-state index in [9.17, 15) is 4.79 Å². The van der Waals surface area contributed by atoms with E-state index in [0.29, 0.717) is 33.7 Å². The maximum Gasteiger partial charge on any atom is 0.340 e. The smallest absolute Gasteiger partial charge is 0.340 e. The van der Waals surface area contributed by atoms with Gasteiger partial charge in [-0.05, 0) is 36.2 Å². The average Bonchev–Trinajstić information content (AvgIpc) is 3.00. The predicted octanol–water partition coefficient (Wildman–Crippen LogP) is 3.85. The van der Waals surface area contributed by atoms with Gasteiger partial charge in [0.15, 0.2) is 5.65 Å². The minimum absolute atomic E-state index is 0.286. The Morgan fingerprint density at radius 3 is 2.73 bits per heavy atom. The van der Waals surface area contributed by atoms with E-state index in [1.165, 1.54) is 0 Å². The largest absolute Gasteiger partial charge is 0.462 e. The molecule has 0 unspecified atom stereocenters. The van der Waals surface area contributed by atoms with Crippen molar-refractivity contribution in [2.24, 2.45) is 0 Å². The van der Waals surface area contributed by atoms with Crippen molar-refractivity contribution in [2.75, 3.05) is 12.3 Å². The zero-order valence-corrected chi connectivity index (χ0v) is 14.5. The molecule has 0 saturated heterocycles. The second kappa shape index (κ2) is 6.15. The van der Waals surface area contributed by atoms with Gasteiger partial charge in [0, 0.05) is 5.56 Å². The summed E-state index contributed by atoms with van der Waals surface area (Å²) < 4.78 is 5.27. The van der Waals surface area contributed by atoms with Gasteiger partial charge in [0.05, 0.1) is 23.3 Å². The molecule has 0 saturated carbocycles. The van der Waals surface area contributed by atoms with Gasteiger partial charge in [-0.1, -0.05) is 36.4 Å². The van der Waals surface area contributed by atoms with Gasteiger partial charge >= 0.3 is 5.97 Å². The molecule has 6 heteroatoms. The van der Waals surface area contributed by atoms with E-state index >= 15 is 0 Å². The molecule has 0 aliphatic rings. The van der Waals surface area contributed by atoms with E-state index in [1.54, 1.807) is 13.8 Å². The summed E-state index contributed by atoms with van der Waals surface area (Å²) in [4.78, 5) is 17.1. The maximum atomic E-state index is 12.7. The molecule has 0 amide bonds. The molecule has 4 aromatic rings. The van der Waals surface area contributed by atoms with Crippen LogP contribution in [0, 0.1) is 6.92 Å². The van der Waals surface area contributed by atoms with Crippen LogP contribution in [-0.4, -0.2) is 27.8 Å². The number of nitrogens with two attached hydrogens (primary N) is 1. The molecule has 4 rings (SSSR count). The quantitative estimate of drug-likeness (QED) is 0.550. The van der Waals surface area contributed by atoms with Crippen LogP contribution in [0.15, 0.2) is 42.5 Å². The fourth-order valence-corrected chi connectivity index (χ4v) is 3.28. The number of anilines is 1. The van der Waals surface area contributed by atoms with Crippen LogP contribution >= 0.6 is 0 Å². The molecule has 2 heterocycles. The molecule has 0 aliphatic heterocycles. The van der Waals surface area contributed by atoms with Crippen LogP contribution in [0.2, 0.25) is 0 Å². The van der Waals surface area contributed by atoms with Crippen LogP contribution in [-0.2, 0) is 4.74 Å². The lowest BCUT2D eigenvalue weighted by atomic mass is 9.94. The van der Waals surface area contributed by atoms with Gasteiger partial charge in [0.2, 0.25) is 0 Å². The van der Waals surface area contributed by atoms with Crippen molar-refractivity contribution in [2.45, 2.75) is 13.8 Å². The summed E-state index contributed by atoms with van der Waals surface area (Å²) in [6.45, 7) is 3.84. The average molecular weight is 346 g/mol. The standard InChI is InChI=1S/C20H18N4O2/c1-3-26-20(25)15-11(2)22-19-17(18(21)23-24-19)16(15)14-9-8-12-6-4-5-7-13(12)10-14/h4-10H,3H2,1-2H3,(H3,21,22,23,24). The number of ether oxygens (including phenoxy) is 1. The molecule has 3 N–H and O–H groups in total. The summed E-state index contributed by atoms with van der Waals surface area (Å²) in [6.07, 6.45) is 0. The minimum atomic E-state index is -0.414. The van der Waals surface area contributed by atoms with E-state index in [0.717, 1.165) is 16.3 Å². The number of carbonyl (C=O) groups is 1. The van der Waals surface area contributed by atoms with Crippen molar-refractivity contribution in [1.29, 1.82) is 0 Å². The number of pyridine rings is 1. The zero-order chi connectivity index (χ0) is 18.3. The molecule has 0 bridgehead atoms. The summed E-state index contributed by atoms with van der Waals surface area (Å²) in [6, 6.07) is 14.1. The Kier molecular flexibility index (Phi) is 3.80. The van der Waals surface area contributed by atoms with Crippen LogP contribution < -0.4 is 5.73 Å². The van der Waals surface area contributed by atoms with Crippen LogP contribution in [0.4, 0.5) is 5.82 Å². The number of rotatable bonds is 3. The molecule has 0 atom stereocenters. The number of nitrogens with one attached hydrogen (secondary N) is 1. The van der Waals surface area contributed by atoms with Gasteiger partial charge < -0.3 is 10.5 Å². The SMILES string of the molecule is CCOC(=O)c1c(C)nc2n[nH]c(N)c2c1-c1ccc2ccccc2c1. The fourth-order valence-electron chi connectivity index (χ4n) is 3.28. The Morgan fingerprint density at radius 2 is 1.96 bits per heavy atom. The third kappa shape index (κ3) is 2.47. The van der Waals surface area contributed by atoms with Gasteiger partial charge in [0.25, 0.3) is 0 Å². The molecular weight excluding hydrogens is 328 g/mol. The first-order valence-electron chi connectivity index (χ1n) is 8.40. The number of aryl methyl sites for hydroxylation is 1. The van der Waals surface area contributed by atoms with Crippen molar-refractivity contribution in [3.05, 3.63) is 53.7 Å². The predicted molar refractivity (Wildman–Crippen MR) is 102 cm³/mol. The van der Waals surface area contributed by atoms with E-state index in [1.807, 2.05) is 42.5 Å². The van der Waals surface area contributed by atoms with E-state index < -0.39 is 5.97 Å². The Balaban J connectivity index is 2.09. The second-order valence-corrected chi connectivity index (χ2v) is 6.07. The van der Waals surface area contributed by atoms with E-state index in [4.69, 9.17) is 10.5 Å². The molecule has 6 nitrogen and oxygen atoms in total. The molecule has 0 aliphatic carbocycles. The minimum Gasteiger partial charge on any atom is -0.462 e. The summed E-state index contributed by atoms with van der Waals surface area (Å²) in [5.74, 6) is -0.0376. The topological polar surface area (TPSA) is 93.9 Å². The first-order valence-corrected chi connectivity index (χ1v) is 8.40. The number of benzene rings is 2. The Morgan fingerprint density at radius 1 is 1.19 bits per heavy atom. The molecule has 2 aromatic carbocycles. The van der Waals surface area contributed by atoms with Gasteiger partial charge in [-0.2, -0.15) is 5.10 Å². The van der Waals surface area contributed by atoms with Gasteiger partial charge in [-0.25, -0.2) is 9.78 Å². The number of aromatic nitrogens is 3. The van der Waals surface area contributed by atoms with Crippen molar-refractivity contribution in [1.82, 2.24) is 15.2 Å². The highest BCUT2D eigenvalue weighted by atomic mass is 16.5. The van der Waals surface area contributed by atoms with Crippen molar-refractivity contribution in [3.63, 3.8) is 0 Å². The lowest BCUT2D eigenvalue weighted by Gasteiger charge is -2.13. The molecule has 0 radical (unpaired) electrons. The monoisotopic (exact) mass is 346 g/mol. The highest BCUT2D eigenvalue weighted by Gasteiger charge is 2.24. The van der Waals surface area contributed by atoms with Crippen LogP contribution in [0.5, 0.6) is 0 Å². The number of aromatic amines is 1. The number of H-pyrrole nitrogens is 1. The zero-order valence-electron chi connectivity index (χ0n) is 14.5. The molecule has 0 spiro atoms. The number of hydrogen-bond acceptors (Lipinski definition) is 5. The van der Waals surface area contributed by atoms with Crippen molar-refractivity contribution < 1.29 is 9.53 Å². The van der Waals surface area contributed by atoms with Crippen LogP contribution in [0.3, 0.4) is 0 Å². The molecule has 2 aromatic heterocycles. The first-order chi connectivity index (χ1) is 12.6. The van der Waals surface area contributed by atoms with Crippen molar-refractivity contribution >= 4 is 33.6 Å². The highest BCUT2D eigenvalue weighted by molar-refractivity contribution is 6.11. The summed E-state index contributed by atoms with van der Waals surface area (Å²) in [5, 5.41) is 9.75. The summed E-state index contributed by atoms with van der Waals surface area (Å²) in [5.41, 5.74) is 9.14. The second-order valence-electron chi connectivity index (χ2n) is 6.07. The summed E-state index contributed by atoms with van der Waals surface area (Å²) in [7, 11) is 0. The maximum absolute atomic E-state index is 12.7. The lowest BCUT2D eigenvalue weighted by Crippen LogP contribution is -2.10. The highest BCUT2D eigenvalue weighted by Crippen LogP contribution is 2.36. The first kappa shape index (κ1) is 16.1. The van der Waals surface area contributed by atoms with Gasteiger partial charge in [-0.15, -0.1) is 0 Å². The number of nitrogens with zero attached hydrogens (tertiary/aromatic N) is 2. The summed E-state index contributed by atoms with van der Waals surface area (Å²) >= 11 is 0. The van der Waals surface area contributed by atoms with Crippen molar-refractivity contribution in [3.8, 4) is 11.1 Å². The fraction of sp³-hybridized carbons (Fsp3) is 0.150. The number of esters is 1. The van der Waals surface area contributed by atoms with Gasteiger partial charge in [-0.3, -0.25) is 5.10 Å². The third-order valence-corrected chi connectivity index (χ3v) is 4.43. The third-order valence-electron chi connectivity index (χ3n) is 4.43. The normalized spacial score (nSPS) is 11.2. The number of fused-ring (bicyclic) bond motifs is 2.